The maximum atomic E-state index is 12.5. The second-order valence-corrected chi connectivity index (χ2v) is 7.22. The molecule has 0 bridgehead atoms. The molecular formula is C16H13ClF2O4S. The van der Waals surface area contributed by atoms with E-state index < -0.39 is 32.6 Å². The van der Waals surface area contributed by atoms with E-state index in [0.717, 1.165) is 24.3 Å². The molecule has 0 amide bonds. The first-order valence-corrected chi connectivity index (χ1v) is 8.73. The number of alkyl halides is 2. The largest absolute Gasteiger partial charge is 0.454 e. The predicted molar refractivity (Wildman–Crippen MR) is 84.9 cm³/mol. The number of benzene rings is 2. The molecule has 2 rings (SSSR count). The lowest BCUT2D eigenvalue weighted by atomic mass is 10.1. The second-order valence-electron chi connectivity index (χ2n) is 4.90. The van der Waals surface area contributed by atoms with Crippen molar-refractivity contribution in [3.63, 3.8) is 0 Å². The summed E-state index contributed by atoms with van der Waals surface area (Å²) in [5.74, 6) is -4.24. The van der Waals surface area contributed by atoms with Crippen LogP contribution in [-0.2, 0) is 14.6 Å². The highest BCUT2D eigenvalue weighted by Gasteiger charge is 2.26. The van der Waals surface area contributed by atoms with Crippen LogP contribution in [0, 0.1) is 0 Å². The highest BCUT2D eigenvalue weighted by atomic mass is 35.5. The zero-order chi connectivity index (χ0) is 17.9. The number of hydrogen-bond acceptors (Lipinski definition) is 4. The van der Waals surface area contributed by atoms with Gasteiger partial charge in [-0.15, -0.1) is 0 Å². The third-order valence-corrected chi connectivity index (χ3v) is 5.02. The Morgan fingerprint density at radius 2 is 1.67 bits per heavy atom. The fourth-order valence-electron chi connectivity index (χ4n) is 1.98. The number of carbonyl (C=O) groups excluding carboxylic acids is 1. The molecule has 0 spiro atoms. The number of esters is 1. The Morgan fingerprint density at radius 3 is 2.21 bits per heavy atom. The van der Waals surface area contributed by atoms with Crippen LogP contribution in [-0.4, -0.2) is 20.1 Å². The van der Waals surface area contributed by atoms with E-state index >= 15 is 0 Å². The lowest BCUT2D eigenvalue weighted by Crippen LogP contribution is -2.12. The highest BCUT2D eigenvalue weighted by Crippen LogP contribution is 2.26. The first-order valence-electron chi connectivity index (χ1n) is 6.81. The Labute approximate surface area is 142 Å². The summed E-state index contributed by atoms with van der Waals surface area (Å²) < 4.78 is 52.8. The van der Waals surface area contributed by atoms with Crippen molar-refractivity contribution in [3.05, 3.63) is 64.7 Å². The molecule has 0 saturated carbocycles. The van der Waals surface area contributed by atoms with Gasteiger partial charge in [0, 0.05) is 10.6 Å². The summed E-state index contributed by atoms with van der Waals surface area (Å²) in [6.45, 7) is 1.63. The van der Waals surface area contributed by atoms with Crippen molar-refractivity contribution in [2.45, 2.75) is 23.7 Å². The quantitative estimate of drug-likeness (QED) is 0.734. The Kier molecular flexibility index (Phi) is 5.56. The van der Waals surface area contributed by atoms with Gasteiger partial charge >= 0.3 is 11.7 Å². The summed E-state index contributed by atoms with van der Waals surface area (Å²) in [4.78, 5) is 11.5. The summed E-state index contributed by atoms with van der Waals surface area (Å²) in [5, 5.41) is 0.441. The number of halogens is 3. The first-order chi connectivity index (χ1) is 11.2. The number of carbonyl (C=O) groups is 1. The molecule has 0 saturated heterocycles. The van der Waals surface area contributed by atoms with E-state index in [9.17, 15) is 22.0 Å². The second kappa shape index (κ2) is 7.27. The minimum absolute atomic E-state index is 0.0436. The molecule has 0 aromatic heterocycles. The Morgan fingerprint density at radius 1 is 1.08 bits per heavy atom. The van der Waals surface area contributed by atoms with Crippen LogP contribution in [0.1, 0.15) is 28.9 Å². The molecular weight excluding hydrogens is 362 g/mol. The van der Waals surface area contributed by atoms with E-state index in [-0.39, 0.29) is 5.56 Å². The maximum absolute atomic E-state index is 12.5. The molecule has 1 atom stereocenters. The van der Waals surface area contributed by atoms with Gasteiger partial charge in [-0.2, -0.15) is 8.78 Å². The molecule has 0 fully saturated rings. The fraction of sp³-hybridized carbons (Fsp3) is 0.188. The van der Waals surface area contributed by atoms with Crippen molar-refractivity contribution >= 4 is 27.4 Å². The Balaban J connectivity index is 2.15. The van der Waals surface area contributed by atoms with Crippen LogP contribution >= 0.6 is 11.6 Å². The molecule has 24 heavy (non-hydrogen) atoms. The van der Waals surface area contributed by atoms with E-state index in [0.29, 0.717) is 10.6 Å². The van der Waals surface area contributed by atoms with Crippen molar-refractivity contribution in [2.75, 3.05) is 0 Å². The van der Waals surface area contributed by atoms with E-state index in [2.05, 4.69) is 0 Å². The number of sulfone groups is 1. The number of rotatable bonds is 5. The van der Waals surface area contributed by atoms with Crippen molar-refractivity contribution in [1.29, 1.82) is 0 Å². The molecule has 4 nitrogen and oxygen atoms in total. The summed E-state index contributed by atoms with van der Waals surface area (Å²) >= 11 is 6.02. The highest BCUT2D eigenvalue weighted by molar-refractivity contribution is 7.91. The third kappa shape index (κ3) is 3.91. The molecule has 0 aliphatic rings. The van der Waals surface area contributed by atoms with Crippen LogP contribution in [0.25, 0.3) is 0 Å². The zero-order valence-corrected chi connectivity index (χ0v) is 14.0. The molecule has 2 aromatic carbocycles. The topological polar surface area (TPSA) is 60.4 Å². The average Bonchev–Trinajstić information content (AvgIpc) is 2.55. The number of ether oxygens (including phenoxy) is 1. The standard InChI is InChI=1S/C16H13ClF2O4S/c1-10(13-4-2-3-5-14(13)17)23-15(20)11-6-8-12(9-7-11)24(21,22)16(18)19/h2-10,16H,1H3. The van der Waals surface area contributed by atoms with Gasteiger partial charge in [0.15, 0.2) is 0 Å². The van der Waals surface area contributed by atoms with E-state index in [1.54, 1.807) is 31.2 Å². The van der Waals surface area contributed by atoms with Gasteiger partial charge in [0.05, 0.1) is 10.5 Å². The monoisotopic (exact) mass is 374 g/mol. The SMILES string of the molecule is CC(OC(=O)c1ccc(S(=O)(=O)C(F)F)cc1)c1ccccc1Cl. The predicted octanol–water partition coefficient (Wildman–Crippen LogP) is 4.25. The van der Waals surface area contributed by atoms with E-state index in [1.807, 2.05) is 0 Å². The lowest BCUT2D eigenvalue weighted by Gasteiger charge is -2.15. The van der Waals surface area contributed by atoms with Crippen LogP contribution in [0.15, 0.2) is 53.4 Å². The van der Waals surface area contributed by atoms with Crippen LogP contribution in [0.2, 0.25) is 5.02 Å². The molecule has 128 valence electrons. The first kappa shape index (κ1) is 18.4. The molecule has 0 aliphatic carbocycles. The molecule has 0 radical (unpaired) electrons. The third-order valence-electron chi connectivity index (χ3n) is 3.28. The van der Waals surface area contributed by atoms with Crippen LogP contribution in [0.5, 0.6) is 0 Å². The van der Waals surface area contributed by atoms with Crippen molar-refractivity contribution < 1.29 is 26.7 Å². The molecule has 0 heterocycles. The van der Waals surface area contributed by atoms with Crippen LogP contribution in [0.4, 0.5) is 8.78 Å². The average molecular weight is 375 g/mol. The molecule has 0 aliphatic heterocycles. The van der Waals surface area contributed by atoms with E-state index in [1.165, 1.54) is 0 Å². The van der Waals surface area contributed by atoms with Crippen molar-refractivity contribution in [2.24, 2.45) is 0 Å². The van der Waals surface area contributed by atoms with Gasteiger partial charge in [-0.05, 0) is 37.3 Å². The minimum Gasteiger partial charge on any atom is -0.454 e. The molecule has 0 N–H and O–H groups in total. The Bertz CT molecular complexity index is 835. The van der Waals surface area contributed by atoms with Gasteiger partial charge in [-0.25, -0.2) is 13.2 Å². The van der Waals surface area contributed by atoms with Crippen LogP contribution < -0.4 is 0 Å². The summed E-state index contributed by atoms with van der Waals surface area (Å²) in [7, 11) is -4.69. The van der Waals surface area contributed by atoms with Crippen molar-refractivity contribution in [1.82, 2.24) is 0 Å². The summed E-state index contributed by atoms with van der Waals surface area (Å²) in [6.07, 6.45) is -0.629. The van der Waals surface area contributed by atoms with Gasteiger partial charge in [0.1, 0.15) is 6.10 Å². The Hall–Kier alpha value is -1.99. The van der Waals surface area contributed by atoms with Gasteiger partial charge in [0.25, 0.3) is 0 Å². The smallest absolute Gasteiger partial charge is 0.341 e. The minimum atomic E-state index is -4.69. The molecule has 1 unspecified atom stereocenters. The normalized spacial score (nSPS) is 12.9. The zero-order valence-electron chi connectivity index (χ0n) is 12.4. The van der Waals surface area contributed by atoms with Gasteiger partial charge in [-0.3, -0.25) is 0 Å². The summed E-state index contributed by atoms with van der Waals surface area (Å²) in [6, 6.07) is 11.0. The lowest BCUT2D eigenvalue weighted by molar-refractivity contribution is 0.0338. The van der Waals surface area contributed by atoms with Gasteiger partial charge in [-0.1, -0.05) is 29.8 Å². The van der Waals surface area contributed by atoms with E-state index in [4.69, 9.17) is 16.3 Å². The molecule has 8 heteroatoms. The van der Waals surface area contributed by atoms with Crippen LogP contribution in [0.3, 0.4) is 0 Å². The van der Waals surface area contributed by atoms with Gasteiger partial charge < -0.3 is 4.74 Å². The summed E-state index contributed by atoms with van der Waals surface area (Å²) in [5.41, 5.74) is 0.659. The fourth-order valence-corrected chi connectivity index (χ4v) is 2.99. The number of hydrogen-bond donors (Lipinski definition) is 0. The maximum Gasteiger partial charge on any atom is 0.341 e. The van der Waals surface area contributed by atoms with Crippen molar-refractivity contribution in [3.8, 4) is 0 Å². The van der Waals surface area contributed by atoms with Gasteiger partial charge in [0.2, 0.25) is 9.84 Å². The molecule has 2 aromatic rings.